The number of hydrogen-bond donors (Lipinski definition) is 1. The highest BCUT2D eigenvalue weighted by Gasteiger charge is 2.22. The van der Waals surface area contributed by atoms with E-state index in [1.54, 1.807) is 5.38 Å². The highest BCUT2D eigenvalue weighted by molar-refractivity contribution is 14.1. The summed E-state index contributed by atoms with van der Waals surface area (Å²) in [7, 11) is 1.33. The molecular formula is C13H12INO3S2. The molecule has 2 heterocycles. The van der Waals surface area contributed by atoms with Crippen LogP contribution >= 0.6 is 45.3 Å². The molecule has 1 amide bonds. The molecule has 1 N–H and O–H groups in total. The minimum Gasteiger partial charge on any atom is -0.465 e. The van der Waals surface area contributed by atoms with Crippen molar-refractivity contribution in [1.29, 1.82) is 0 Å². The van der Waals surface area contributed by atoms with Crippen LogP contribution in [0.1, 0.15) is 31.2 Å². The number of hydrogen-bond acceptors (Lipinski definition) is 5. The van der Waals surface area contributed by atoms with Gasteiger partial charge in [0.05, 0.1) is 21.1 Å². The fraction of sp³-hybridized carbons (Fsp3) is 0.231. The largest absolute Gasteiger partial charge is 0.465 e. The third-order valence-electron chi connectivity index (χ3n) is 2.83. The van der Waals surface area contributed by atoms with Crippen molar-refractivity contribution in [2.24, 2.45) is 0 Å². The van der Waals surface area contributed by atoms with Crippen LogP contribution in [0.5, 0.6) is 0 Å². The molecule has 0 aliphatic rings. The van der Waals surface area contributed by atoms with E-state index >= 15 is 0 Å². The summed E-state index contributed by atoms with van der Waals surface area (Å²) in [5.74, 6) is -0.641. The summed E-state index contributed by atoms with van der Waals surface area (Å²) in [5, 5.41) is 5.13. The summed E-state index contributed by atoms with van der Waals surface area (Å²) >= 11 is 5.05. The fourth-order valence-corrected chi connectivity index (χ4v) is 4.04. The molecule has 0 aliphatic carbocycles. The molecule has 0 spiro atoms. The SMILES string of the molecule is COC(=O)c1c(NC(=O)c2csc(I)c2)sc(C)c1C. The zero-order valence-electron chi connectivity index (χ0n) is 11.1. The number of amides is 1. The van der Waals surface area contributed by atoms with Crippen molar-refractivity contribution in [3.8, 4) is 0 Å². The summed E-state index contributed by atoms with van der Waals surface area (Å²) in [6, 6.07) is 1.81. The molecule has 2 aromatic heterocycles. The van der Waals surface area contributed by atoms with Crippen molar-refractivity contribution >= 4 is 62.1 Å². The number of carbonyl (C=O) groups excluding carboxylic acids is 2. The third kappa shape index (κ3) is 3.04. The Balaban J connectivity index is 2.32. The van der Waals surface area contributed by atoms with Gasteiger partial charge >= 0.3 is 5.97 Å². The predicted octanol–water partition coefficient (Wildman–Crippen LogP) is 4.07. The number of thiophene rings is 2. The highest BCUT2D eigenvalue weighted by Crippen LogP contribution is 2.33. The van der Waals surface area contributed by atoms with Gasteiger partial charge in [-0.1, -0.05) is 0 Å². The topological polar surface area (TPSA) is 55.4 Å². The van der Waals surface area contributed by atoms with E-state index in [1.807, 2.05) is 19.9 Å². The number of ether oxygens (including phenoxy) is 1. The van der Waals surface area contributed by atoms with Gasteiger partial charge in [-0.3, -0.25) is 4.79 Å². The van der Waals surface area contributed by atoms with Crippen molar-refractivity contribution in [2.45, 2.75) is 13.8 Å². The standard InChI is InChI=1S/C13H12INO3S2/c1-6-7(2)20-12(10(6)13(17)18-3)15-11(16)8-4-9(14)19-5-8/h4-5H,1-3H3,(H,15,16). The Hall–Kier alpha value is -0.930. The number of halogens is 1. The van der Waals surface area contributed by atoms with Crippen LogP contribution < -0.4 is 5.32 Å². The van der Waals surface area contributed by atoms with Crippen molar-refractivity contribution in [3.05, 3.63) is 35.9 Å². The van der Waals surface area contributed by atoms with Gasteiger partial charge in [-0.05, 0) is 48.1 Å². The van der Waals surface area contributed by atoms with Gasteiger partial charge in [0, 0.05) is 10.3 Å². The molecule has 0 atom stereocenters. The molecular weight excluding hydrogens is 409 g/mol. The van der Waals surface area contributed by atoms with E-state index in [2.05, 4.69) is 27.9 Å². The van der Waals surface area contributed by atoms with Crippen molar-refractivity contribution in [2.75, 3.05) is 12.4 Å². The second-order valence-electron chi connectivity index (χ2n) is 4.07. The van der Waals surface area contributed by atoms with Crippen LogP contribution in [0.2, 0.25) is 0 Å². The molecule has 0 unspecified atom stereocenters. The van der Waals surface area contributed by atoms with Crippen LogP contribution in [0.3, 0.4) is 0 Å². The number of esters is 1. The number of rotatable bonds is 3. The van der Waals surface area contributed by atoms with Gasteiger partial charge in [0.25, 0.3) is 5.91 Å². The summed E-state index contributed by atoms with van der Waals surface area (Å²) in [6.07, 6.45) is 0. The van der Waals surface area contributed by atoms with Gasteiger partial charge < -0.3 is 10.1 Å². The smallest absolute Gasteiger partial charge is 0.341 e. The maximum Gasteiger partial charge on any atom is 0.341 e. The van der Waals surface area contributed by atoms with Gasteiger partial charge in [-0.25, -0.2) is 4.79 Å². The molecule has 2 aromatic rings. The first-order chi connectivity index (χ1) is 9.43. The Morgan fingerprint density at radius 1 is 1.35 bits per heavy atom. The second kappa shape index (κ2) is 6.23. The highest BCUT2D eigenvalue weighted by atomic mass is 127. The Morgan fingerprint density at radius 2 is 2.05 bits per heavy atom. The summed E-state index contributed by atoms with van der Waals surface area (Å²) < 4.78 is 5.82. The zero-order chi connectivity index (χ0) is 14.9. The molecule has 0 bridgehead atoms. The van der Waals surface area contributed by atoms with Gasteiger partial charge in [0.15, 0.2) is 0 Å². The molecule has 0 radical (unpaired) electrons. The van der Waals surface area contributed by atoms with Gasteiger partial charge in [-0.2, -0.15) is 0 Å². The second-order valence-corrected chi connectivity index (χ2v) is 8.10. The molecule has 106 valence electrons. The normalized spacial score (nSPS) is 10.4. The lowest BCUT2D eigenvalue weighted by Crippen LogP contribution is -2.13. The van der Waals surface area contributed by atoms with Crippen LogP contribution in [0, 0.1) is 16.7 Å². The minimum absolute atomic E-state index is 0.212. The maximum atomic E-state index is 12.2. The number of nitrogens with one attached hydrogen (secondary N) is 1. The van der Waals surface area contributed by atoms with E-state index in [1.165, 1.54) is 29.8 Å². The summed E-state index contributed by atoms with van der Waals surface area (Å²) in [5.41, 5.74) is 1.88. The number of carbonyl (C=O) groups is 2. The molecule has 4 nitrogen and oxygen atoms in total. The van der Waals surface area contributed by atoms with Crippen molar-refractivity contribution in [3.63, 3.8) is 0 Å². The lowest BCUT2D eigenvalue weighted by molar-refractivity contribution is 0.0601. The van der Waals surface area contributed by atoms with Crippen molar-refractivity contribution in [1.82, 2.24) is 0 Å². The molecule has 0 aliphatic heterocycles. The number of methoxy groups -OCH3 is 1. The first kappa shape index (κ1) is 15.5. The summed E-state index contributed by atoms with van der Waals surface area (Å²) in [4.78, 5) is 25.0. The third-order valence-corrected chi connectivity index (χ3v) is 5.74. The maximum absolute atomic E-state index is 12.2. The van der Waals surface area contributed by atoms with Crippen LogP contribution in [-0.4, -0.2) is 19.0 Å². The molecule has 0 saturated heterocycles. The fourth-order valence-electron chi connectivity index (χ4n) is 1.67. The Labute approximate surface area is 138 Å². The van der Waals surface area contributed by atoms with E-state index in [0.29, 0.717) is 16.1 Å². The average molecular weight is 421 g/mol. The predicted molar refractivity (Wildman–Crippen MR) is 90.1 cm³/mol. The van der Waals surface area contributed by atoms with E-state index in [4.69, 9.17) is 4.74 Å². The Bertz CT molecular complexity index is 675. The lowest BCUT2D eigenvalue weighted by atomic mass is 10.1. The molecule has 0 aromatic carbocycles. The van der Waals surface area contributed by atoms with Gasteiger partial charge in [-0.15, -0.1) is 22.7 Å². The van der Waals surface area contributed by atoms with Gasteiger partial charge in [0.2, 0.25) is 0 Å². The number of aryl methyl sites for hydroxylation is 1. The number of anilines is 1. The Kier molecular flexibility index (Phi) is 4.82. The van der Waals surface area contributed by atoms with Crippen LogP contribution in [-0.2, 0) is 4.74 Å². The van der Waals surface area contributed by atoms with Crippen molar-refractivity contribution < 1.29 is 14.3 Å². The van der Waals surface area contributed by atoms with E-state index in [-0.39, 0.29) is 5.91 Å². The molecule has 0 saturated carbocycles. The molecule has 20 heavy (non-hydrogen) atoms. The zero-order valence-corrected chi connectivity index (χ0v) is 14.9. The van der Waals surface area contributed by atoms with Gasteiger partial charge in [0.1, 0.15) is 5.00 Å². The first-order valence-electron chi connectivity index (χ1n) is 5.67. The van der Waals surface area contributed by atoms with Crippen LogP contribution in [0.4, 0.5) is 5.00 Å². The minimum atomic E-state index is -0.429. The molecule has 2 rings (SSSR count). The monoisotopic (exact) mass is 421 g/mol. The Morgan fingerprint density at radius 3 is 2.60 bits per heavy atom. The average Bonchev–Trinajstić information content (AvgIpc) is 2.94. The molecule has 0 fully saturated rings. The summed E-state index contributed by atoms with van der Waals surface area (Å²) in [6.45, 7) is 3.76. The van der Waals surface area contributed by atoms with E-state index < -0.39 is 5.97 Å². The van der Waals surface area contributed by atoms with E-state index in [9.17, 15) is 9.59 Å². The van der Waals surface area contributed by atoms with E-state index in [0.717, 1.165) is 13.3 Å². The van der Waals surface area contributed by atoms with Crippen LogP contribution in [0.25, 0.3) is 0 Å². The van der Waals surface area contributed by atoms with Crippen LogP contribution in [0.15, 0.2) is 11.4 Å². The molecule has 7 heteroatoms. The quantitative estimate of drug-likeness (QED) is 0.601. The lowest BCUT2D eigenvalue weighted by Gasteiger charge is -2.05. The first-order valence-corrected chi connectivity index (χ1v) is 8.45.